The SMILES string of the molecule is CCN1CCN(c2ncc3c(n2)CCN(Cc2cccc(F)c2)C3)CC1.Cl.Cl. The highest BCUT2D eigenvalue weighted by Gasteiger charge is 2.22. The van der Waals surface area contributed by atoms with Crippen LogP contribution < -0.4 is 4.90 Å². The lowest BCUT2D eigenvalue weighted by Crippen LogP contribution is -2.47. The van der Waals surface area contributed by atoms with Crippen LogP contribution >= 0.6 is 24.8 Å². The molecule has 0 N–H and O–H groups in total. The molecular weight excluding hydrogens is 400 g/mol. The Morgan fingerprint density at radius 2 is 1.82 bits per heavy atom. The summed E-state index contributed by atoms with van der Waals surface area (Å²) in [5.74, 6) is 0.703. The van der Waals surface area contributed by atoms with Gasteiger partial charge in [-0.15, -0.1) is 24.8 Å². The zero-order chi connectivity index (χ0) is 17.9. The van der Waals surface area contributed by atoms with E-state index >= 15 is 0 Å². The standard InChI is InChI=1S/C20H26FN5.2ClH/c1-2-24-8-10-26(11-9-24)20-22-13-17-15-25(7-6-19(17)23-20)14-16-4-3-5-18(21)12-16;;/h3-5,12-13H,2,6-11,14-15H2,1H3;2*1H. The molecule has 0 bridgehead atoms. The molecule has 1 fully saturated rings. The van der Waals surface area contributed by atoms with Gasteiger partial charge < -0.3 is 9.80 Å². The van der Waals surface area contributed by atoms with Gasteiger partial charge in [-0.3, -0.25) is 4.90 Å². The first kappa shape index (κ1) is 22.8. The molecule has 2 aliphatic heterocycles. The van der Waals surface area contributed by atoms with Crippen LogP contribution in [0.5, 0.6) is 0 Å². The van der Waals surface area contributed by atoms with Crippen LogP contribution in [0.15, 0.2) is 30.5 Å². The lowest BCUT2D eigenvalue weighted by molar-refractivity contribution is 0.242. The molecule has 8 heteroatoms. The molecule has 3 heterocycles. The summed E-state index contributed by atoms with van der Waals surface area (Å²) >= 11 is 0. The summed E-state index contributed by atoms with van der Waals surface area (Å²) in [5, 5.41) is 0. The second kappa shape index (κ2) is 10.3. The second-order valence-corrected chi connectivity index (χ2v) is 7.15. The lowest BCUT2D eigenvalue weighted by Gasteiger charge is -2.35. The molecule has 0 atom stereocenters. The van der Waals surface area contributed by atoms with Crippen molar-refractivity contribution < 1.29 is 4.39 Å². The number of benzene rings is 1. The Morgan fingerprint density at radius 1 is 1.04 bits per heavy atom. The minimum Gasteiger partial charge on any atom is -0.338 e. The van der Waals surface area contributed by atoms with Crippen LogP contribution in [0.1, 0.15) is 23.7 Å². The van der Waals surface area contributed by atoms with Gasteiger partial charge in [0.25, 0.3) is 0 Å². The molecule has 2 aromatic rings. The van der Waals surface area contributed by atoms with Crippen molar-refractivity contribution in [3.05, 3.63) is 53.1 Å². The van der Waals surface area contributed by atoms with Crippen molar-refractivity contribution in [2.45, 2.75) is 26.4 Å². The topological polar surface area (TPSA) is 35.5 Å². The number of hydrogen-bond acceptors (Lipinski definition) is 5. The Kier molecular flexibility index (Phi) is 8.43. The number of aromatic nitrogens is 2. The maximum absolute atomic E-state index is 13.4. The van der Waals surface area contributed by atoms with E-state index in [1.165, 1.54) is 17.3 Å². The first-order valence-electron chi connectivity index (χ1n) is 9.50. The molecule has 0 saturated carbocycles. The van der Waals surface area contributed by atoms with Gasteiger partial charge in [0, 0.05) is 64.0 Å². The first-order valence-corrected chi connectivity index (χ1v) is 9.50. The minimum atomic E-state index is -0.170. The zero-order valence-electron chi connectivity index (χ0n) is 16.2. The average molecular weight is 428 g/mol. The first-order chi connectivity index (χ1) is 12.7. The quantitative estimate of drug-likeness (QED) is 0.748. The summed E-state index contributed by atoms with van der Waals surface area (Å²) < 4.78 is 13.4. The highest BCUT2D eigenvalue weighted by molar-refractivity contribution is 5.85. The van der Waals surface area contributed by atoms with E-state index in [4.69, 9.17) is 4.98 Å². The monoisotopic (exact) mass is 427 g/mol. The number of hydrogen-bond donors (Lipinski definition) is 0. The molecule has 0 amide bonds. The smallest absolute Gasteiger partial charge is 0.225 e. The van der Waals surface area contributed by atoms with Gasteiger partial charge in [0.15, 0.2) is 0 Å². The summed E-state index contributed by atoms with van der Waals surface area (Å²) in [6.45, 7) is 10.0. The van der Waals surface area contributed by atoms with E-state index in [1.807, 2.05) is 12.3 Å². The number of anilines is 1. The third-order valence-corrected chi connectivity index (χ3v) is 5.40. The van der Waals surface area contributed by atoms with Gasteiger partial charge in [0.2, 0.25) is 5.95 Å². The van der Waals surface area contributed by atoms with Crippen molar-refractivity contribution in [1.29, 1.82) is 0 Å². The van der Waals surface area contributed by atoms with E-state index in [2.05, 4.69) is 26.6 Å². The molecule has 4 rings (SSSR count). The van der Waals surface area contributed by atoms with E-state index < -0.39 is 0 Å². The van der Waals surface area contributed by atoms with E-state index in [1.54, 1.807) is 12.1 Å². The molecule has 28 heavy (non-hydrogen) atoms. The molecule has 0 aliphatic carbocycles. The third-order valence-electron chi connectivity index (χ3n) is 5.40. The third kappa shape index (κ3) is 5.32. The Balaban J connectivity index is 0.00000140. The van der Waals surface area contributed by atoms with Crippen molar-refractivity contribution in [2.75, 3.05) is 44.2 Å². The maximum Gasteiger partial charge on any atom is 0.225 e. The van der Waals surface area contributed by atoms with Crippen molar-refractivity contribution >= 4 is 30.8 Å². The molecular formula is C20H28Cl2FN5. The molecule has 154 valence electrons. The van der Waals surface area contributed by atoms with Gasteiger partial charge in [-0.25, -0.2) is 14.4 Å². The lowest BCUT2D eigenvalue weighted by atomic mass is 10.1. The number of halogens is 3. The van der Waals surface area contributed by atoms with Gasteiger partial charge in [-0.1, -0.05) is 19.1 Å². The Hall–Kier alpha value is -1.47. The van der Waals surface area contributed by atoms with E-state index in [-0.39, 0.29) is 30.6 Å². The van der Waals surface area contributed by atoms with Crippen LogP contribution in [0, 0.1) is 5.82 Å². The van der Waals surface area contributed by atoms with Crippen LogP contribution in [0.25, 0.3) is 0 Å². The zero-order valence-corrected chi connectivity index (χ0v) is 17.8. The fourth-order valence-electron chi connectivity index (χ4n) is 3.81. The Morgan fingerprint density at radius 3 is 2.54 bits per heavy atom. The van der Waals surface area contributed by atoms with Crippen molar-refractivity contribution in [2.24, 2.45) is 0 Å². The number of piperazine rings is 1. The Bertz CT molecular complexity index is 768. The van der Waals surface area contributed by atoms with Crippen molar-refractivity contribution in [3.63, 3.8) is 0 Å². The number of likely N-dealkylation sites (N-methyl/N-ethyl adjacent to an activating group) is 1. The average Bonchev–Trinajstić information content (AvgIpc) is 2.68. The molecule has 0 unspecified atom stereocenters. The largest absolute Gasteiger partial charge is 0.338 e. The van der Waals surface area contributed by atoms with Crippen LogP contribution in [0.3, 0.4) is 0 Å². The molecule has 1 aromatic carbocycles. The van der Waals surface area contributed by atoms with Crippen LogP contribution in [-0.2, 0) is 19.5 Å². The second-order valence-electron chi connectivity index (χ2n) is 7.15. The summed E-state index contributed by atoms with van der Waals surface area (Å²) in [6, 6.07) is 6.86. The summed E-state index contributed by atoms with van der Waals surface area (Å²) in [6.07, 6.45) is 2.91. The predicted octanol–water partition coefficient (Wildman–Crippen LogP) is 3.16. The minimum absolute atomic E-state index is 0. The molecule has 1 saturated heterocycles. The molecule has 0 radical (unpaired) electrons. The van der Waals surface area contributed by atoms with Crippen LogP contribution in [0.2, 0.25) is 0 Å². The number of rotatable bonds is 4. The van der Waals surface area contributed by atoms with Gasteiger partial charge in [0.1, 0.15) is 5.82 Å². The van der Waals surface area contributed by atoms with E-state index in [0.29, 0.717) is 0 Å². The normalized spacial score (nSPS) is 17.4. The fourth-order valence-corrected chi connectivity index (χ4v) is 3.81. The van der Waals surface area contributed by atoms with Gasteiger partial charge in [0.05, 0.1) is 5.69 Å². The molecule has 2 aliphatic rings. The van der Waals surface area contributed by atoms with Gasteiger partial charge in [-0.05, 0) is 24.2 Å². The van der Waals surface area contributed by atoms with Crippen LogP contribution in [-0.4, -0.2) is 59.0 Å². The highest BCUT2D eigenvalue weighted by atomic mass is 35.5. The summed E-state index contributed by atoms with van der Waals surface area (Å²) in [7, 11) is 0. The fraction of sp³-hybridized carbons (Fsp3) is 0.500. The summed E-state index contributed by atoms with van der Waals surface area (Å²) in [5.41, 5.74) is 3.38. The van der Waals surface area contributed by atoms with Gasteiger partial charge in [-0.2, -0.15) is 0 Å². The molecule has 5 nitrogen and oxygen atoms in total. The molecule has 0 spiro atoms. The van der Waals surface area contributed by atoms with Gasteiger partial charge >= 0.3 is 0 Å². The maximum atomic E-state index is 13.4. The molecule has 1 aromatic heterocycles. The Labute approximate surface area is 178 Å². The van der Waals surface area contributed by atoms with Crippen molar-refractivity contribution in [1.82, 2.24) is 19.8 Å². The van der Waals surface area contributed by atoms with E-state index in [0.717, 1.165) is 70.3 Å². The van der Waals surface area contributed by atoms with Crippen LogP contribution in [0.4, 0.5) is 10.3 Å². The number of fused-ring (bicyclic) bond motifs is 1. The number of nitrogens with zero attached hydrogens (tertiary/aromatic N) is 5. The highest BCUT2D eigenvalue weighted by Crippen LogP contribution is 2.21. The van der Waals surface area contributed by atoms with Crippen molar-refractivity contribution in [3.8, 4) is 0 Å². The predicted molar refractivity (Wildman–Crippen MR) is 115 cm³/mol. The van der Waals surface area contributed by atoms with E-state index in [9.17, 15) is 4.39 Å². The summed E-state index contributed by atoms with van der Waals surface area (Å²) in [4.78, 5) is 16.6.